The van der Waals surface area contributed by atoms with E-state index in [1.165, 1.54) is 17.1 Å². The van der Waals surface area contributed by atoms with E-state index < -0.39 is 11.0 Å². The Balaban J connectivity index is 1.74. The molecule has 0 radical (unpaired) electrons. The third kappa shape index (κ3) is 5.15. The number of amides is 1. The van der Waals surface area contributed by atoms with Crippen LogP contribution >= 0.6 is 0 Å². The average Bonchev–Trinajstić information content (AvgIpc) is 2.86. The molecule has 1 amide bonds. The maximum absolute atomic E-state index is 13.3. The van der Waals surface area contributed by atoms with Gasteiger partial charge in [0.25, 0.3) is 5.91 Å². The molecule has 0 saturated heterocycles. The first-order chi connectivity index (χ1) is 16.2. The molecule has 1 saturated carbocycles. The number of rotatable bonds is 7. The van der Waals surface area contributed by atoms with Crippen molar-refractivity contribution in [3.63, 3.8) is 0 Å². The molecule has 3 rings (SSSR count). The number of carbonyl (C=O) groups excluding carboxylic acids is 1. The van der Waals surface area contributed by atoms with Crippen LogP contribution in [0.1, 0.15) is 58.6 Å². The van der Waals surface area contributed by atoms with Gasteiger partial charge in [0.2, 0.25) is 0 Å². The Labute approximate surface area is 199 Å². The fourth-order valence-corrected chi connectivity index (χ4v) is 4.18. The van der Waals surface area contributed by atoms with Gasteiger partial charge in [-0.15, -0.1) is 0 Å². The molecule has 34 heavy (non-hydrogen) atoms. The average molecular weight is 464 g/mol. The van der Waals surface area contributed by atoms with Gasteiger partial charge in [0.05, 0.1) is 40.4 Å². The van der Waals surface area contributed by atoms with Crippen LogP contribution in [0, 0.1) is 17.1 Å². The van der Waals surface area contributed by atoms with E-state index in [1.807, 2.05) is 6.92 Å². The summed E-state index contributed by atoms with van der Waals surface area (Å²) in [5.74, 6) is -0.712. The minimum atomic E-state index is -0.734. The van der Waals surface area contributed by atoms with E-state index in [0.717, 1.165) is 0 Å². The summed E-state index contributed by atoms with van der Waals surface area (Å²) in [4.78, 5) is 17.3. The van der Waals surface area contributed by atoms with E-state index in [2.05, 4.69) is 28.2 Å². The fraction of sp³-hybridized carbons (Fsp3) is 0.385. The standard InChI is InChI=1S/C26H30FN5O2/c1-5-26(34)14-12-25(17-28,13-15-26)23-11-8-21(16-30-23)31-24(33)18(2)19(3)32(29-4)22-9-6-20(27)7-10-22/h6-11,16,34H,4-5,12-15H2,1-3H3,(H,31,33)/b19-18+. The number of nitrogens with zero attached hydrogens (tertiary/aromatic N) is 4. The lowest BCUT2D eigenvalue weighted by atomic mass is 9.67. The topological polar surface area (TPSA) is 102 Å². The molecule has 8 heteroatoms. The maximum Gasteiger partial charge on any atom is 0.253 e. The molecule has 0 unspecified atom stereocenters. The van der Waals surface area contributed by atoms with Gasteiger partial charge < -0.3 is 10.4 Å². The van der Waals surface area contributed by atoms with E-state index in [0.29, 0.717) is 60.4 Å². The first kappa shape index (κ1) is 25.1. The van der Waals surface area contributed by atoms with Gasteiger partial charge in [-0.1, -0.05) is 6.92 Å². The number of nitriles is 1. The summed E-state index contributed by atoms with van der Waals surface area (Å²) in [5.41, 5.74) is 1.22. The van der Waals surface area contributed by atoms with Gasteiger partial charge in [-0.2, -0.15) is 10.4 Å². The zero-order valence-corrected chi connectivity index (χ0v) is 19.8. The molecule has 0 spiro atoms. The number of hydrogen-bond donors (Lipinski definition) is 2. The number of nitrogens with one attached hydrogen (secondary N) is 1. The molecular weight excluding hydrogens is 433 g/mol. The lowest BCUT2D eigenvalue weighted by Crippen LogP contribution is -2.40. The number of pyridine rings is 1. The zero-order valence-electron chi connectivity index (χ0n) is 19.8. The minimum absolute atomic E-state index is 0.344. The summed E-state index contributed by atoms with van der Waals surface area (Å²) < 4.78 is 13.3. The SMILES string of the molecule is C=NN(/C(C)=C(\C)C(=O)Nc1ccc(C2(C#N)CCC(O)(CC)CC2)nc1)c1ccc(F)cc1. The van der Waals surface area contributed by atoms with Crippen LogP contribution in [-0.2, 0) is 10.2 Å². The first-order valence-corrected chi connectivity index (χ1v) is 11.3. The van der Waals surface area contributed by atoms with Crippen LogP contribution in [0.2, 0.25) is 0 Å². The van der Waals surface area contributed by atoms with Crippen LogP contribution in [0.3, 0.4) is 0 Å². The molecule has 0 aliphatic heterocycles. The highest BCUT2D eigenvalue weighted by atomic mass is 19.1. The molecule has 0 atom stereocenters. The van der Waals surface area contributed by atoms with Gasteiger partial charge in [-0.3, -0.25) is 9.78 Å². The number of anilines is 2. The van der Waals surface area contributed by atoms with Gasteiger partial charge >= 0.3 is 0 Å². The lowest BCUT2D eigenvalue weighted by Gasteiger charge is -2.39. The molecule has 2 N–H and O–H groups in total. The number of hydrazone groups is 1. The van der Waals surface area contributed by atoms with Crippen molar-refractivity contribution in [1.29, 1.82) is 5.26 Å². The summed E-state index contributed by atoms with van der Waals surface area (Å²) in [7, 11) is 0. The van der Waals surface area contributed by atoms with Crippen LogP contribution in [0.25, 0.3) is 0 Å². The Bertz CT molecular complexity index is 1110. The van der Waals surface area contributed by atoms with Crippen molar-refractivity contribution in [2.24, 2.45) is 5.10 Å². The van der Waals surface area contributed by atoms with Crippen molar-refractivity contribution in [3.8, 4) is 6.07 Å². The number of allylic oxidation sites excluding steroid dienone is 1. The molecule has 1 aliphatic carbocycles. The maximum atomic E-state index is 13.3. The fourth-order valence-electron chi connectivity index (χ4n) is 4.18. The summed E-state index contributed by atoms with van der Waals surface area (Å²) in [6.07, 6.45) is 4.41. The smallest absolute Gasteiger partial charge is 0.253 e. The molecule has 0 bridgehead atoms. The van der Waals surface area contributed by atoms with Crippen LogP contribution in [-0.4, -0.2) is 28.3 Å². The molecular formula is C26H30FN5O2. The zero-order chi connectivity index (χ0) is 24.9. The van der Waals surface area contributed by atoms with Crippen molar-refractivity contribution in [2.45, 2.75) is 63.9 Å². The van der Waals surface area contributed by atoms with Gasteiger partial charge in [-0.25, -0.2) is 9.40 Å². The number of aromatic nitrogens is 1. The second-order valence-electron chi connectivity index (χ2n) is 8.80. The number of carbonyl (C=O) groups is 1. The van der Waals surface area contributed by atoms with E-state index in [4.69, 9.17) is 0 Å². The first-order valence-electron chi connectivity index (χ1n) is 11.3. The molecule has 1 heterocycles. The number of hydrogen-bond acceptors (Lipinski definition) is 6. The molecule has 2 aromatic rings. The van der Waals surface area contributed by atoms with Crippen molar-refractivity contribution in [1.82, 2.24) is 4.98 Å². The molecule has 1 fully saturated rings. The normalized spacial score (nSPS) is 22.8. The van der Waals surface area contributed by atoms with Gasteiger partial charge in [0.15, 0.2) is 0 Å². The molecule has 1 aromatic heterocycles. The van der Waals surface area contributed by atoms with Gasteiger partial charge in [-0.05, 0) is 82.3 Å². The van der Waals surface area contributed by atoms with Gasteiger partial charge in [0.1, 0.15) is 5.82 Å². The summed E-state index contributed by atoms with van der Waals surface area (Å²) >= 11 is 0. The second-order valence-corrected chi connectivity index (χ2v) is 8.80. The Morgan fingerprint density at radius 3 is 2.38 bits per heavy atom. The van der Waals surface area contributed by atoms with Crippen molar-refractivity contribution < 1.29 is 14.3 Å². The Morgan fingerprint density at radius 2 is 1.88 bits per heavy atom. The molecule has 1 aromatic carbocycles. The highest BCUT2D eigenvalue weighted by molar-refractivity contribution is 6.04. The van der Waals surface area contributed by atoms with Crippen molar-refractivity contribution >= 4 is 24.0 Å². The highest BCUT2D eigenvalue weighted by Gasteiger charge is 2.43. The predicted octanol–water partition coefficient (Wildman–Crippen LogP) is 5.05. The van der Waals surface area contributed by atoms with Gasteiger partial charge in [0, 0.05) is 18.0 Å². The third-order valence-corrected chi connectivity index (χ3v) is 6.83. The number of benzene rings is 1. The highest BCUT2D eigenvalue weighted by Crippen LogP contribution is 2.43. The monoisotopic (exact) mass is 463 g/mol. The summed E-state index contributed by atoms with van der Waals surface area (Å²) in [6.45, 7) is 8.90. The van der Waals surface area contributed by atoms with Crippen LogP contribution in [0.5, 0.6) is 0 Å². The lowest BCUT2D eigenvalue weighted by molar-refractivity contribution is -0.112. The summed E-state index contributed by atoms with van der Waals surface area (Å²) in [5, 5.41) is 28.6. The van der Waals surface area contributed by atoms with E-state index in [9.17, 15) is 19.6 Å². The summed E-state index contributed by atoms with van der Waals surface area (Å²) in [6, 6.07) is 11.6. The molecule has 1 aliphatic rings. The van der Waals surface area contributed by atoms with Crippen LogP contribution in [0.15, 0.2) is 59.0 Å². The largest absolute Gasteiger partial charge is 0.390 e. The quantitative estimate of drug-likeness (QED) is 0.340. The predicted molar refractivity (Wildman–Crippen MR) is 131 cm³/mol. The van der Waals surface area contributed by atoms with Crippen molar-refractivity contribution in [2.75, 3.05) is 10.3 Å². The third-order valence-electron chi connectivity index (χ3n) is 6.83. The number of aliphatic hydroxyl groups is 1. The van der Waals surface area contributed by atoms with E-state index in [1.54, 1.807) is 44.3 Å². The van der Waals surface area contributed by atoms with Crippen molar-refractivity contribution in [3.05, 3.63) is 65.4 Å². The Kier molecular flexibility index (Phi) is 7.48. The second kappa shape index (κ2) is 10.1. The Morgan fingerprint density at radius 1 is 1.24 bits per heavy atom. The number of halogens is 1. The van der Waals surface area contributed by atoms with Crippen LogP contribution in [0.4, 0.5) is 15.8 Å². The van der Waals surface area contributed by atoms with E-state index >= 15 is 0 Å². The molecule has 178 valence electrons. The van der Waals surface area contributed by atoms with Crippen LogP contribution < -0.4 is 10.3 Å². The Hall–Kier alpha value is -3.57. The van der Waals surface area contributed by atoms with E-state index in [-0.39, 0.29) is 11.7 Å². The molecule has 7 nitrogen and oxygen atoms in total. The minimum Gasteiger partial charge on any atom is -0.390 e.